The van der Waals surface area contributed by atoms with E-state index in [1.54, 1.807) is 12.1 Å². The number of pyridine rings is 1. The minimum absolute atomic E-state index is 0.448. The maximum atomic E-state index is 8.74. The van der Waals surface area contributed by atoms with E-state index in [-0.39, 0.29) is 0 Å². The van der Waals surface area contributed by atoms with Gasteiger partial charge in [-0.3, -0.25) is 0 Å². The van der Waals surface area contributed by atoms with Crippen molar-refractivity contribution in [3.05, 3.63) is 23.4 Å². The van der Waals surface area contributed by atoms with Gasteiger partial charge in [0.05, 0.1) is 6.61 Å². The van der Waals surface area contributed by atoms with Gasteiger partial charge in [0.1, 0.15) is 11.6 Å². The average Bonchev–Trinajstić information content (AvgIpc) is 2.15. The summed E-state index contributed by atoms with van der Waals surface area (Å²) in [6.45, 7) is 4.49. The molecule has 0 N–H and O–H groups in total. The van der Waals surface area contributed by atoms with Gasteiger partial charge in [-0.05, 0) is 25.5 Å². The van der Waals surface area contributed by atoms with E-state index >= 15 is 0 Å². The molecule has 13 heavy (non-hydrogen) atoms. The number of rotatable bonds is 3. The van der Waals surface area contributed by atoms with Crippen LogP contribution in [0, 0.1) is 18.3 Å². The summed E-state index contributed by atoms with van der Waals surface area (Å²) in [4.78, 5) is 4.14. The molecule has 1 heterocycles. The van der Waals surface area contributed by atoms with Gasteiger partial charge < -0.3 is 4.74 Å². The predicted octanol–water partition coefficient (Wildman–Crippen LogP) is 2.05. The molecule has 1 aromatic heterocycles. The van der Waals surface area contributed by atoms with Crippen molar-refractivity contribution in [3.63, 3.8) is 0 Å². The molecular weight excluding hydrogens is 164 g/mol. The molecule has 0 fully saturated rings. The zero-order valence-corrected chi connectivity index (χ0v) is 7.87. The number of aromatic nitrogens is 1. The summed E-state index contributed by atoms with van der Waals surface area (Å²) in [6, 6.07) is 5.58. The monoisotopic (exact) mass is 176 g/mol. The first kappa shape index (κ1) is 9.53. The van der Waals surface area contributed by atoms with Gasteiger partial charge in [-0.2, -0.15) is 5.26 Å². The minimum Gasteiger partial charge on any atom is -0.477 e. The van der Waals surface area contributed by atoms with Crippen LogP contribution in [0.25, 0.3) is 0 Å². The number of aryl methyl sites for hydroxylation is 1. The quantitative estimate of drug-likeness (QED) is 0.708. The molecule has 0 unspecified atom stereocenters. The van der Waals surface area contributed by atoms with E-state index in [0.29, 0.717) is 18.1 Å². The molecule has 0 spiro atoms. The van der Waals surface area contributed by atoms with Crippen LogP contribution in [0.15, 0.2) is 12.1 Å². The number of hydrogen-bond donors (Lipinski definition) is 0. The van der Waals surface area contributed by atoms with Crippen LogP contribution in [-0.2, 0) is 0 Å². The fourth-order valence-electron chi connectivity index (χ4n) is 0.927. The van der Waals surface area contributed by atoms with Crippen molar-refractivity contribution in [2.24, 2.45) is 0 Å². The van der Waals surface area contributed by atoms with Gasteiger partial charge in [0.2, 0.25) is 5.88 Å². The summed E-state index contributed by atoms with van der Waals surface area (Å²) < 4.78 is 5.32. The average molecular weight is 176 g/mol. The minimum atomic E-state index is 0.448. The number of hydrogen-bond acceptors (Lipinski definition) is 3. The molecule has 0 saturated heterocycles. The molecule has 0 bridgehead atoms. The van der Waals surface area contributed by atoms with Crippen LogP contribution in [0.5, 0.6) is 5.88 Å². The summed E-state index contributed by atoms with van der Waals surface area (Å²) >= 11 is 0. The molecule has 0 aliphatic carbocycles. The lowest BCUT2D eigenvalue weighted by Crippen LogP contribution is -2.00. The summed E-state index contributed by atoms with van der Waals surface area (Å²) in [5.74, 6) is 0.448. The van der Waals surface area contributed by atoms with Crippen molar-refractivity contribution in [1.82, 2.24) is 4.98 Å². The second-order valence-electron chi connectivity index (χ2n) is 2.77. The first-order chi connectivity index (χ1) is 6.27. The molecule has 0 aromatic carbocycles. The normalized spacial score (nSPS) is 9.31. The molecule has 0 atom stereocenters. The maximum absolute atomic E-state index is 8.74. The lowest BCUT2D eigenvalue weighted by atomic mass is 10.2. The Balaban J connectivity index is 2.89. The van der Waals surface area contributed by atoms with Crippen LogP contribution >= 0.6 is 0 Å². The second-order valence-corrected chi connectivity index (χ2v) is 2.77. The van der Waals surface area contributed by atoms with Crippen molar-refractivity contribution in [3.8, 4) is 11.9 Å². The van der Waals surface area contributed by atoms with Crippen LogP contribution in [0.3, 0.4) is 0 Å². The Bertz CT molecular complexity index is 328. The van der Waals surface area contributed by atoms with E-state index in [0.717, 1.165) is 12.1 Å². The first-order valence-corrected chi connectivity index (χ1v) is 4.28. The fraction of sp³-hybridized carbons (Fsp3) is 0.400. The highest BCUT2D eigenvalue weighted by molar-refractivity contribution is 5.38. The topological polar surface area (TPSA) is 45.9 Å². The highest BCUT2D eigenvalue weighted by Crippen LogP contribution is 2.14. The van der Waals surface area contributed by atoms with E-state index in [1.165, 1.54) is 0 Å². The standard InChI is InChI=1S/C10H12N2O/c1-3-6-13-10-9(7-11)5-4-8(2)12-10/h4-5H,3,6H2,1-2H3. The van der Waals surface area contributed by atoms with Crippen molar-refractivity contribution in [2.75, 3.05) is 6.61 Å². The number of nitriles is 1. The summed E-state index contributed by atoms with van der Waals surface area (Å²) in [5.41, 5.74) is 1.36. The van der Waals surface area contributed by atoms with Gasteiger partial charge >= 0.3 is 0 Å². The predicted molar refractivity (Wildman–Crippen MR) is 49.5 cm³/mol. The fourth-order valence-corrected chi connectivity index (χ4v) is 0.927. The highest BCUT2D eigenvalue weighted by atomic mass is 16.5. The molecule has 0 radical (unpaired) electrons. The second kappa shape index (κ2) is 4.46. The maximum Gasteiger partial charge on any atom is 0.231 e. The molecule has 0 aliphatic rings. The van der Waals surface area contributed by atoms with Gasteiger partial charge in [0, 0.05) is 5.69 Å². The zero-order chi connectivity index (χ0) is 9.68. The van der Waals surface area contributed by atoms with Crippen LogP contribution < -0.4 is 4.74 Å². The third-order valence-corrected chi connectivity index (χ3v) is 1.56. The van der Waals surface area contributed by atoms with E-state index in [4.69, 9.17) is 10.00 Å². The largest absolute Gasteiger partial charge is 0.477 e. The van der Waals surface area contributed by atoms with Crippen molar-refractivity contribution in [1.29, 1.82) is 5.26 Å². The smallest absolute Gasteiger partial charge is 0.231 e. The lowest BCUT2D eigenvalue weighted by Gasteiger charge is -2.05. The Morgan fingerprint density at radius 2 is 2.31 bits per heavy atom. The third kappa shape index (κ3) is 2.45. The van der Waals surface area contributed by atoms with E-state index in [2.05, 4.69) is 4.98 Å². The number of nitrogens with zero attached hydrogens (tertiary/aromatic N) is 2. The number of ether oxygens (including phenoxy) is 1. The SMILES string of the molecule is CCCOc1nc(C)ccc1C#N. The molecule has 3 heteroatoms. The molecule has 1 rings (SSSR count). The van der Waals surface area contributed by atoms with Gasteiger partial charge in [-0.25, -0.2) is 4.98 Å². The van der Waals surface area contributed by atoms with Crippen LogP contribution in [0.4, 0.5) is 0 Å². The molecular formula is C10H12N2O. The van der Waals surface area contributed by atoms with Crippen LogP contribution in [0.2, 0.25) is 0 Å². The molecule has 1 aromatic rings. The van der Waals surface area contributed by atoms with Gasteiger partial charge in [0.15, 0.2) is 0 Å². The van der Waals surface area contributed by atoms with Crippen molar-refractivity contribution < 1.29 is 4.74 Å². The van der Waals surface area contributed by atoms with Gasteiger partial charge in [0.25, 0.3) is 0 Å². The van der Waals surface area contributed by atoms with Crippen molar-refractivity contribution in [2.45, 2.75) is 20.3 Å². The van der Waals surface area contributed by atoms with E-state index in [1.807, 2.05) is 19.9 Å². The van der Waals surface area contributed by atoms with Crippen LogP contribution in [0.1, 0.15) is 24.6 Å². The summed E-state index contributed by atoms with van der Waals surface area (Å²) in [6.07, 6.45) is 0.917. The van der Waals surface area contributed by atoms with Gasteiger partial charge in [-0.15, -0.1) is 0 Å². The third-order valence-electron chi connectivity index (χ3n) is 1.56. The molecule has 0 amide bonds. The first-order valence-electron chi connectivity index (χ1n) is 4.28. The van der Waals surface area contributed by atoms with E-state index < -0.39 is 0 Å². The van der Waals surface area contributed by atoms with Crippen LogP contribution in [-0.4, -0.2) is 11.6 Å². The molecule has 0 saturated carbocycles. The Morgan fingerprint density at radius 1 is 1.54 bits per heavy atom. The Morgan fingerprint density at radius 3 is 2.92 bits per heavy atom. The Kier molecular flexibility index (Phi) is 3.27. The summed E-state index contributed by atoms with van der Waals surface area (Å²) in [7, 11) is 0. The molecule has 68 valence electrons. The molecule has 0 aliphatic heterocycles. The Labute approximate surface area is 78.0 Å². The van der Waals surface area contributed by atoms with Gasteiger partial charge in [-0.1, -0.05) is 6.92 Å². The van der Waals surface area contributed by atoms with E-state index in [9.17, 15) is 0 Å². The highest BCUT2D eigenvalue weighted by Gasteiger charge is 2.03. The summed E-state index contributed by atoms with van der Waals surface area (Å²) in [5, 5.41) is 8.74. The van der Waals surface area contributed by atoms with Crippen molar-refractivity contribution >= 4 is 0 Å². The lowest BCUT2D eigenvalue weighted by molar-refractivity contribution is 0.304. The Hall–Kier alpha value is -1.56. The molecule has 3 nitrogen and oxygen atoms in total. The zero-order valence-electron chi connectivity index (χ0n) is 7.87.